The first kappa shape index (κ1) is 25.6. The first-order chi connectivity index (χ1) is 17.5. The van der Waals surface area contributed by atoms with Crippen molar-refractivity contribution in [2.45, 2.75) is 11.4 Å². The van der Waals surface area contributed by atoms with Gasteiger partial charge in [-0.1, -0.05) is 65.7 Å². The van der Waals surface area contributed by atoms with Crippen molar-refractivity contribution in [1.82, 2.24) is 4.98 Å². The molecule has 0 saturated heterocycles. The number of hydrogen-bond donors (Lipinski definition) is 1. The molecule has 4 rings (SSSR count). The summed E-state index contributed by atoms with van der Waals surface area (Å²) < 4.78 is 5.28. The van der Waals surface area contributed by atoms with Crippen molar-refractivity contribution in [1.29, 1.82) is 5.26 Å². The van der Waals surface area contributed by atoms with Crippen molar-refractivity contribution in [2.75, 3.05) is 18.2 Å². The van der Waals surface area contributed by atoms with E-state index in [0.29, 0.717) is 32.1 Å². The van der Waals surface area contributed by atoms with Crippen molar-refractivity contribution in [3.8, 4) is 34.2 Å². The molecular formula is C28H21Cl2N3O2S. The number of carbonyl (C=O) groups is 1. The number of rotatable bonds is 8. The monoisotopic (exact) mass is 533 g/mol. The van der Waals surface area contributed by atoms with E-state index < -0.39 is 0 Å². The van der Waals surface area contributed by atoms with Gasteiger partial charge in [0, 0.05) is 28.3 Å². The zero-order chi connectivity index (χ0) is 25.5. The van der Waals surface area contributed by atoms with Crippen LogP contribution in [0.25, 0.3) is 22.4 Å². The maximum Gasteiger partial charge on any atom is 0.225 e. The average Bonchev–Trinajstić information content (AvgIpc) is 2.90. The second kappa shape index (κ2) is 12.0. The van der Waals surface area contributed by atoms with Gasteiger partial charge in [-0.15, -0.1) is 11.8 Å². The molecule has 0 saturated carbocycles. The Morgan fingerprint density at radius 3 is 2.44 bits per heavy atom. The first-order valence-corrected chi connectivity index (χ1v) is 12.8. The summed E-state index contributed by atoms with van der Waals surface area (Å²) in [5, 5.41) is 14.3. The van der Waals surface area contributed by atoms with Crippen LogP contribution in [0.2, 0.25) is 10.0 Å². The van der Waals surface area contributed by atoms with Gasteiger partial charge >= 0.3 is 0 Å². The Balaban J connectivity index is 1.60. The number of methoxy groups -OCH3 is 1. The van der Waals surface area contributed by atoms with Crippen molar-refractivity contribution in [2.24, 2.45) is 0 Å². The van der Waals surface area contributed by atoms with E-state index >= 15 is 0 Å². The van der Waals surface area contributed by atoms with Crippen LogP contribution in [0.15, 0.2) is 83.9 Å². The third-order valence-electron chi connectivity index (χ3n) is 5.34. The lowest BCUT2D eigenvalue weighted by molar-refractivity contribution is -0.115. The van der Waals surface area contributed by atoms with Crippen LogP contribution in [-0.4, -0.2) is 23.8 Å². The van der Waals surface area contributed by atoms with Crippen molar-refractivity contribution in [3.05, 3.63) is 94.5 Å². The predicted molar refractivity (Wildman–Crippen MR) is 147 cm³/mol. The van der Waals surface area contributed by atoms with Crippen molar-refractivity contribution < 1.29 is 9.53 Å². The maximum atomic E-state index is 12.5. The number of benzene rings is 3. The summed E-state index contributed by atoms with van der Waals surface area (Å²) in [6.07, 6.45) is 0.212. The molecular weight excluding hydrogens is 513 g/mol. The predicted octanol–water partition coefficient (Wildman–Crippen LogP) is 7.72. The zero-order valence-electron chi connectivity index (χ0n) is 19.3. The number of aromatic nitrogens is 1. The zero-order valence-corrected chi connectivity index (χ0v) is 21.6. The number of hydrogen-bond acceptors (Lipinski definition) is 5. The Morgan fingerprint density at radius 2 is 1.78 bits per heavy atom. The Hall–Kier alpha value is -3.50. The molecule has 5 nitrogen and oxygen atoms in total. The molecule has 1 aromatic heterocycles. The number of nitrogens with zero attached hydrogens (tertiary/aromatic N) is 2. The summed E-state index contributed by atoms with van der Waals surface area (Å²) in [4.78, 5) is 17.3. The van der Waals surface area contributed by atoms with Gasteiger partial charge in [-0.3, -0.25) is 4.79 Å². The molecule has 4 aromatic rings. The van der Waals surface area contributed by atoms with Gasteiger partial charge in [0.15, 0.2) is 0 Å². The van der Waals surface area contributed by atoms with Gasteiger partial charge in [-0.2, -0.15) is 5.26 Å². The summed E-state index contributed by atoms with van der Waals surface area (Å²) in [5.74, 6) is 0.967. The van der Waals surface area contributed by atoms with Gasteiger partial charge in [-0.05, 0) is 42.0 Å². The molecule has 0 aliphatic heterocycles. The highest BCUT2D eigenvalue weighted by Crippen LogP contribution is 2.35. The summed E-state index contributed by atoms with van der Waals surface area (Å²) in [7, 11) is 1.61. The van der Waals surface area contributed by atoms with Crippen LogP contribution in [0.4, 0.5) is 5.69 Å². The molecule has 0 unspecified atom stereocenters. The molecule has 1 N–H and O–H groups in total. The minimum absolute atomic E-state index is 0.195. The molecule has 0 aliphatic rings. The standard InChI is InChI=1S/C28H21Cl2N3O2S/c1-35-21-10-7-18(8-11-21)22-16-26(19-5-3-2-4-6-19)33-28(23(22)17-31)36-14-13-27(34)32-25-12-9-20(29)15-24(25)30/h2-12,15-16H,13-14H2,1H3,(H,32,34). The topological polar surface area (TPSA) is 75.0 Å². The molecule has 0 atom stereocenters. The van der Waals surface area contributed by atoms with E-state index in [1.165, 1.54) is 11.8 Å². The van der Waals surface area contributed by atoms with Crippen LogP contribution in [0, 0.1) is 11.3 Å². The van der Waals surface area contributed by atoms with Gasteiger partial charge in [0.25, 0.3) is 0 Å². The Labute approximate surface area is 224 Å². The van der Waals surface area contributed by atoms with Crippen LogP contribution < -0.4 is 10.1 Å². The molecule has 3 aromatic carbocycles. The van der Waals surface area contributed by atoms with E-state index in [9.17, 15) is 10.1 Å². The number of nitrogens with one attached hydrogen (secondary N) is 1. The van der Waals surface area contributed by atoms with Crippen molar-refractivity contribution in [3.63, 3.8) is 0 Å². The number of nitriles is 1. The lowest BCUT2D eigenvalue weighted by atomic mass is 9.99. The fourth-order valence-corrected chi connectivity index (χ4v) is 4.93. The number of amides is 1. The Kier molecular flexibility index (Phi) is 8.50. The highest BCUT2D eigenvalue weighted by molar-refractivity contribution is 7.99. The van der Waals surface area contributed by atoms with E-state index in [-0.39, 0.29) is 12.3 Å². The second-order valence-corrected chi connectivity index (χ2v) is 9.64. The fourth-order valence-electron chi connectivity index (χ4n) is 3.53. The summed E-state index contributed by atoms with van der Waals surface area (Å²) in [6.45, 7) is 0. The van der Waals surface area contributed by atoms with Gasteiger partial charge < -0.3 is 10.1 Å². The Bertz CT molecular complexity index is 1420. The molecule has 180 valence electrons. The molecule has 0 aliphatic carbocycles. The van der Waals surface area contributed by atoms with E-state index in [2.05, 4.69) is 11.4 Å². The molecule has 0 fully saturated rings. The largest absolute Gasteiger partial charge is 0.497 e. The van der Waals surface area contributed by atoms with E-state index in [1.807, 2.05) is 60.7 Å². The van der Waals surface area contributed by atoms with Crippen LogP contribution in [0.1, 0.15) is 12.0 Å². The molecule has 0 bridgehead atoms. The lowest BCUT2D eigenvalue weighted by Crippen LogP contribution is -2.12. The van der Waals surface area contributed by atoms with Gasteiger partial charge in [0.1, 0.15) is 16.8 Å². The third kappa shape index (κ3) is 6.19. The highest BCUT2D eigenvalue weighted by Gasteiger charge is 2.17. The van der Waals surface area contributed by atoms with E-state index in [1.54, 1.807) is 25.3 Å². The molecule has 8 heteroatoms. The summed E-state index contributed by atoms with van der Waals surface area (Å²) in [6, 6.07) is 26.5. The van der Waals surface area contributed by atoms with Gasteiger partial charge in [0.05, 0.1) is 29.1 Å². The summed E-state index contributed by atoms with van der Waals surface area (Å²) in [5.41, 5.74) is 4.30. The smallest absolute Gasteiger partial charge is 0.225 e. The molecule has 1 heterocycles. The average molecular weight is 534 g/mol. The minimum Gasteiger partial charge on any atom is -0.497 e. The van der Waals surface area contributed by atoms with Crippen LogP contribution >= 0.6 is 35.0 Å². The van der Waals surface area contributed by atoms with Gasteiger partial charge in [0.2, 0.25) is 5.91 Å². The first-order valence-electron chi connectivity index (χ1n) is 11.0. The maximum absolute atomic E-state index is 12.5. The third-order valence-corrected chi connectivity index (χ3v) is 6.87. The number of pyridine rings is 1. The quantitative estimate of drug-likeness (QED) is 0.234. The molecule has 36 heavy (non-hydrogen) atoms. The number of thioether (sulfide) groups is 1. The number of carbonyl (C=O) groups excluding carboxylic acids is 1. The number of ether oxygens (including phenoxy) is 1. The SMILES string of the molecule is COc1ccc(-c2cc(-c3ccccc3)nc(SCCC(=O)Nc3ccc(Cl)cc3Cl)c2C#N)cc1. The highest BCUT2D eigenvalue weighted by atomic mass is 35.5. The van der Waals surface area contributed by atoms with E-state index in [0.717, 1.165) is 28.1 Å². The Morgan fingerprint density at radius 1 is 1.03 bits per heavy atom. The molecule has 0 spiro atoms. The summed E-state index contributed by atoms with van der Waals surface area (Å²) >= 11 is 13.4. The molecule has 0 radical (unpaired) electrons. The lowest BCUT2D eigenvalue weighted by Gasteiger charge is -2.13. The molecule has 1 amide bonds. The number of anilines is 1. The second-order valence-electron chi connectivity index (χ2n) is 7.71. The van der Waals surface area contributed by atoms with Crippen LogP contribution in [-0.2, 0) is 4.79 Å². The fraction of sp³-hybridized carbons (Fsp3) is 0.107. The van der Waals surface area contributed by atoms with Crippen LogP contribution in [0.5, 0.6) is 5.75 Å². The number of halogens is 2. The minimum atomic E-state index is -0.195. The van der Waals surface area contributed by atoms with Gasteiger partial charge in [-0.25, -0.2) is 4.98 Å². The van der Waals surface area contributed by atoms with Crippen molar-refractivity contribution >= 4 is 46.6 Å². The normalized spacial score (nSPS) is 10.5. The van der Waals surface area contributed by atoms with E-state index in [4.69, 9.17) is 32.9 Å². The van der Waals surface area contributed by atoms with Crippen LogP contribution in [0.3, 0.4) is 0 Å².